The van der Waals surface area contributed by atoms with Crippen molar-refractivity contribution >= 4 is 0 Å². The molecule has 0 bridgehead atoms. The monoisotopic (exact) mass is 281 g/mol. The van der Waals surface area contributed by atoms with E-state index in [0.717, 1.165) is 31.0 Å². The molecule has 2 heteroatoms. The van der Waals surface area contributed by atoms with Crippen molar-refractivity contribution in [3.63, 3.8) is 0 Å². The van der Waals surface area contributed by atoms with Gasteiger partial charge < -0.3 is 10.1 Å². The molecule has 2 rings (SSSR count). The van der Waals surface area contributed by atoms with Gasteiger partial charge in [-0.1, -0.05) is 33.1 Å². The summed E-state index contributed by atoms with van der Waals surface area (Å²) in [5, 5.41) is 3.78. The van der Waals surface area contributed by atoms with Crippen LogP contribution in [0.2, 0.25) is 0 Å². The molecule has 0 aromatic carbocycles. The van der Waals surface area contributed by atoms with Crippen LogP contribution in [-0.4, -0.2) is 25.3 Å². The van der Waals surface area contributed by atoms with E-state index < -0.39 is 0 Å². The first-order valence-electron chi connectivity index (χ1n) is 9.18. The Labute approximate surface area is 126 Å². The van der Waals surface area contributed by atoms with Gasteiger partial charge in [-0.2, -0.15) is 0 Å². The van der Waals surface area contributed by atoms with Crippen molar-refractivity contribution in [1.82, 2.24) is 5.32 Å². The van der Waals surface area contributed by atoms with Crippen molar-refractivity contribution in [2.24, 2.45) is 11.8 Å². The maximum absolute atomic E-state index is 5.91. The zero-order valence-corrected chi connectivity index (χ0v) is 13.7. The van der Waals surface area contributed by atoms with Gasteiger partial charge in [-0.3, -0.25) is 0 Å². The first-order chi connectivity index (χ1) is 9.83. The van der Waals surface area contributed by atoms with Crippen molar-refractivity contribution in [1.29, 1.82) is 0 Å². The van der Waals surface area contributed by atoms with Crippen LogP contribution in [-0.2, 0) is 4.74 Å². The molecule has 1 aliphatic carbocycles. The summed E-state index contributed by atoms with van der Waals surface area (Å²) in [5.41, 5.74) is 0. The summed E-state index contributed by atoms with van der Waals surface area (Å²) < 4.78 is 5.91. The fourth-order valence-electron chi connectivity index (χ4n) is 4.24. The molecule has 20 heavy (non-hydrogen) atoms. The maximum Gasteiger partial charge on any atom is 0.0575 e. The number of rotatable bonds is 7. The van der Waals surface area contributed by atoms with Gasteiger partial charge in [-0.05, 0) is 63.3 Å². The van der Waals surface area contributed by atoms with Gasteiger partial charge in [0.05, 0.1) is 6.10 Å². The number of nitrogens with one attached hydrogen (secondary N) is 1. The van der Waals surface area contributed by atoms with Crippen molar-refractivity contribution in [2.45, 2.75) is 90.2 Å². The second-order valence-corrected chi connectivity index (χ2v) is 6.93. The highest BCUT2D eigenvalue weighted by molar-refractivity contribution is 4.83. The molecular formula is C18H35NO. The highest BCUT2D eigenvalue weighted by atomic mass is 16.5. The van der Waals surface area contributed by atoms with E-state index in [1.165, 1.54) is 64.2 Å². The van der Waals surface area contributed by atoms with E-state index in [4.69, 9.17) is 4.74 Å². The van der Waals surface area contributed by atoms with Crippen molar-refractivity contribution in [3.05, 3.63) is 0 Å². The molecular weight excluding hydrogens is 246 g/mol. The van der Waals surface area contributed by atoms with Crippen LogP contribution in [0.5, 0.6) is 0 Å². The zero-order chi connectivity index (χ0) is 14.2. The fourth-order valence-corrected chi connectivity index (χ4v) is 4.24. The smallest absolute Gasteiger partial charge is 0.0575 e. The third-order valence-corrected chi connectivity index (χ3v) is 5.51. The van der Waals surface area contributed by atoms with Crippen LogP contribution in [0.3, 0.4) is 0 Å². The van der Waals surface area contributed by atoms with Crippen molar-refractivity contribution in [3.8, 4) is 0 Å². The molecule has 1 aliphatic heterocycles. The summed E-state index contributed by atoms with van der Waals surface area (Å²) in [5.74, 6) is 1.90. The average Bonchev–Trinajstić information content (AvgIpc) is 2.52. The molecule has 4 unspecified atom stereocenters. The van der Waals surface area contributed by atoms with Crippen LogP contribution in [0, 0.1) is 11.8 Å². The predicted octanol–water partition coefficient (Wildman–Crippen LogP) is 4.53. The summed E-state index contributed by atoms with van der Waals surface area (Å²) >= 11 is 0. The topological polar surface area (TPSA) is 21.3 Å². The molecule has 4 atom stereocenters. The summed E-state index contributed by atoms with van der Waals surface area (Å²) in [7, 11) is 0. The van der Waals surface area contributed by atoms with Gasteiger partial charge in [0.15, 0.2) is 0 Å². The third kappa shape index (κ3) is 5.04. The van der Waals surface area contributed by atoms with Gasteiger partial charge in [0.1, 0.15) is 0 Å². The molecule has 1 heterocycles. The predicted molar refractivity (Wildman–Crippen MR) is 86.0 cm³/mol. The molecule has 1 saturated heterocycles. The van der Waals surface area contributed by atoms with Crippen LogP contribution in [0.4, 0.5) is 0 Å². The number of hydrogen-bond donors (Lipinski definition) is 1. The van der Waals surface area contributed by atoms with E-state index in [9.17, 15) is 0 Å². The SMILES string of the molecule is CCNC(CCC1CCCCO1)C1CCCC(CC)C1. The molecule has 0 radical (unpaired) electrons. The van der Waals surface area contributed by atoms with Crippen LogP contribution < -0.4 is 5.32 Å². The molecule has 0 amide bonds. The second kappa shape index (κ2) is 9.04. The summed E-state index contributed by atoms with van der Waals surface area (Å²) in [6.07, 6.45) is 14.3. The molecule has 0 aromatic heterocycles. The maximum atomic E-state index is 5.91. The molecule has 2 aliphatic rings. The second-order valence-electron chi connectivity index (χ2n) is 6.93. The van der Waals surface area contributed by atoms with Crippen molar-refractivity contribution in [2.75, 3.05) is 13.2 Å². The molecule has 0 spiro atoms. The van der Waals surface area contributed by atoms with Crippen LogP contribution >= 0.6 is 0 Å². The minimum absolute atomic E-state index is 0.551. The Kier molecular flexibility index (Phi) is 7.37. The Morgan fingerprint density at radius 1 is 1.10 bits per heavy atom. The van der Waals surface area contributed by atoms with E-state index in [-0.39, 0.29) is 0 Å². The Hall–Kier alpha value is -0.0800. The van der Waals surface area contributed by atoms with Gasteiger partial charge in [-0.25, -0.2) is 0 Å². The van der Waals surface area contributed by atoms with E-state index in [0.29, 0.717) is 6.10 Å². The van der Waals surface area contributed by atoms with E-state index in [1.54, 1.807) is 0 Å². The van der Waals surface area contributed by atoms with Crippen LogP contribution in [0.25, 0.3) is 0 Å². The summed E-state index contributed by atoms with van der Waals surface area (Å²) in [6, 6.07) is 0.736. The molecule has 0 aromatic rings. The lowest BCUT2D eigenvalue weighted by Crippen LogP contribution is -2.39. The van der Waals surface area contributed by atoms with E-state index in [2.05, 4.69) is 19.2 Å². The Morgan fingerprint density at radius 2 is 2.00 bits per heavy atom. The minimum Gasteiger partial charge on any atom is -0.378 e. The Balaban J connectivity index is 1.79. The highest BCUT2D eigenvalue weighted by Crippen LogP contribution is 2.34. The molecule has 1 N–H and O–H groups in total. The van der Waals surface area contributed by atoms with Crippen LogP contribution in [0.1, 0.15) is 78.1 Å². The Morgan fingerprint density at radius 3 is 2.70 bits per heavy atom. The standard InChI is InChI=1S/C18H35NO/c1-3-15-8-7-9-16(14-15)18(19-4-2)12-11-17-10-5-6-13-20-17/h15-19H,3-14H2,1-2H3. The number of ether oxygens (including phenoxy) is 1. The Bertz CT molecular complexity index is 250. The molecule has 2 nitrogen and oxygen atoms in total. The van der Waals surface area contributed by atoms with E-state index >= 15 is 0 Å². The lowest BCUT2D eigenvalue weighted by Gasteiger charge is -2.35. The molecule has 118 valence electrons. The largest absolute Gasteiger partial charge is 0.378 e. The average molecular weight is 281 g/mol. The third-order valence-electron chi connectivity index (χ3n) is 5.51. The molecule has 1 saturated carbocycles. The fraction of sp³-hybridized carbons (Fsp3) is 1.00. The van der Waals surface area contributed by atoms with Gasteiger partial charge in [-0.15, -0.1) is 0 Å². The highest BCUT2D eigenvalue weighted by Gasteiger charge is 2.28. The van der Waals surface area contributed by atoms with Crippen molar-refractivity contribution < 1.29 is 4.74 Å². The minimum atomic E-state index is 0.551. The first kappa shape index (κ1) is 16.3. The lowest BCUT2D eigenvalue weighted by molar-refractivity contribution is 0.00674. The zero-order valence-electron chi connectivity index (χ0n) is 13.7. The summed E-state index contributed by atoms with van der Waals surface area (Å²) in [6.45, 7) is 6.73. The molecule has 2 fully saturated rings. The van der Waals surface area contributed by atoms with Gasteiger partial charge in [0.25, 0.3) is 0 Å². The van der Waals surface area contributed by atoms with Gasteiger partial charge in [0.2, 0.25) is 0 Å². The summed E-state index contributed by atoms with van der Waals surface area (Å²) in [4.78, 5) is 0. The lowest BCUT2D eigenvalue weighted by atomic mass is 9.75. The van der Waals surface area contributed by atoms with Gasteiger partial charge in [0, 0.05) is 12.6 Å². The normalized spacial score (nSPS) is 33.0. The van der Waals surface area contributed by atoms with E-state index in [1.807, 2.05) is 0 Å². The van der Waals surface area contributed by atoms with Gasteiger partial charge >= 0.3 is 0 Å². The number of hydrogen-bond acceptors (Lipinski definition) is 2. The first-order valence-corrected chi connectivity index (χ1v) is 9.18. The van der Waals surface area contributed by atoms with Crippen LogP contribution in [0.15, 0.2) is 0 Å². The quantitative estimate of drug-likeness (QED) is 0.740.